The van der Waals surface area contributed by atoms with Crippen molar-refractivity contribution in [2.75, 3.05) is 6.54 Å². The van der Waals surface area contributed by atoms with Crippen LogP contribution in [-0.4, -0.2) is 48.7 Å². The fourth-order valence-electron chi connectivity index (χ4n) is 3.82. The maximum atomic E-state index is 13.4. The van der Waals surface area contributed by atoms with Gasteiger partial charge in [-0.2, -0.15) is 18.3 Å². The normalized spacial score (nSPS) is 11.9. The molecule has 1 N–H and O–H groups in total. The van der Waals surface area contributed by atoms with Crippen LogP contribution in [0.3, 0.4) is 0 Å². The number of rotatable bonds is 7. The lowest BCUT2D eigenvalue weighted by atomic mass is 10.1. The van der Waals surface area contributed by atoms with Crippen LogP contribution in [0.4, 0.5) is 19.0 Å². The number of imidazole rings is 1. The lowest BCUT2D eigenvalue weighted by molar-refractivity contribution is -0.138. The number of hydrogen-bond donors (Lipinski definition) is 1. The van der Waals surface area contributed by atoms with E-state index in [1.807, 2.05) is 0 Å². The van der Waals surface area contributed by atoms with Crippen LogP contribution in [0.2, 0.25) is 0 Å². The molecule has 0 aliphatic heterocycles. The largest absolute Gasteiger partial charge is 0.405 e. The number of nitrogens with one attached hydrogen (secondary N) is 1. The number of hydrogen-bond acceptors (Lipinski definition) is 5. The van der Waals surface area contributed by atoms with Crippen molar-refractivity contribution in [3.05, 3.63) is 71.4 Å². The van der Waals surface area contributed by atoms with Crippen molar-refractivity contribution in [2.45, 2.75) is 19.6 Å². The summed E-state index contributed by atoms with van der Waals surface area (Å²) < 4.78 is 41.6. The van der Waals surface area contributed by atoms with Crippen LogP contribution in [0, 0.1) is 6.92 Å². The van der Waals surface area contributed by atoms with Gasteiger partial charge in [0.05, 0.1) is 17.2 Å². The number of alkyl halides is 3. The molecule has 3 heterocycles. The number of halogens is 3. The molecule has 0 bridgehead atoms. The average molecular weight is 499 g/mol. The van der Waals surface area contributed by atoms with E-state index in [1.54, 1.807) is 79.0 Å². The zero-order valence-corrected chi connectivity index (χ0v) is 19.5. The second-order valence-electron chi connectivity index (χ2n) is 7.96. The molecule has 1 aromatic carbocycles. The van der Waals surface area contributed by atoms with Crippen LogP contribution < -0.4 is 11.0 Å². The van der Waals surface area contributed by atoms with Crippen molar-refractivity contribution in [3.63, 3.8) is 0 Å². The van der Waals surface area contributed by atoms with Gasteiger partial charge >= 0.3 is 11.9 Å². The molecular weight excluding hydrogens is 475 g/mol. The van der Waals surface area contributed by atoms with Crippen LogP contribution in [0.15, 0.2) is 65.2 Å². The van der Waals surface area contributed by atoms with Gasteiger partial charge in [0, 0.05) is 32.0 Å². The maximum absolute atomic E-state index is 13.4. The number of carbonyl (C=O) groups excluding carboxylic acids is 1. The zero-order valence-electron chi connectivity index (χ0n) is 19.5. The first-order valence-corrected chi connectivity index (χ1v) is 10.8. The molecule has 0 radical (unpaired) electrons. The summed E-state index contributed by atoms with van der Waals surface area (Å²) in [5, 5.41) is 6.03. The molecule has 188 valence electrons. The molecule has 0 aliphatic rings. The minimum Gasteiger partial charge on any atom is -0.345 e. The van der Waals surface area contributed by atoms with E-state index in [1.165, 1.54) is 4.57 Å². The Morgan fingerprint density at radius 2 is 2.03 bits per heavy atom. The van der Waals surface area contributed by atoms with E-state index < -0.39 is 30.9 Å². The third-order valence-corrected chi connectivity index (χ3v) is 5.44. The molecule has 0 aliphatic carbocycles. The van der Waals surface area contributed by atoms with E-state index in [-0.39, 0.29) is 7.24 Å². The summed E-state index contributed by atoms with van der Waals surface area (Å²) in [6.07, 6.45) is 1.76. The van der Waals surface area contributed by atoms with Gasteiger partial charge in [0.15, 0.2) is 5.82 Å². The minimum atomic E-state index is -4.55. The van der Waals surface area contributed by atoms with Gasteiger partial charge in [-0.3, -0.25) is 14.0 Å². The molecule has 9 nitrogen and oxygen atoms in total. The lowest BCUT2D eigenvalue weighted by Crippen LogP contribution is -2.38. The van der Waals surface area contributed by atoms with Gasteiger partial charge < -0.3 is 5.32 Å². The Labute approximate surface area is 204 Å². The number of carbonyl (C=O) groups is 1. The van der Waals surface area contributed by atoms with Gasteiger partial charge in [-0.05, 0) is 30.7 Å². The molecule has 3 aromatic heterocycles. The first kappa shape index (κ1) is 24.6. The molecule has 4 aromatic rings. The van der Waals surface area contributed by atoms with Gasteiger partial charge in [-0.1, -0.05) is 24.8 Å². The molecule has 4 rings (SSSR count). The third-order valence-electron chi connectivity index (χ3n) is 5.44. The highest BCUT2D eigenvalue weighted by Crippen LogP contribution is 2.30. The molecule has 0 atom stereocenters. The summed E-state index contributed by atoms with van der Waals surface area (Å²) in [7, 11) is 1.75. The predicted octanol–water partition coefficient (Wildman–Crippen LogP) is 3.71. The summed E-state index contributed by atoms with van der Waals surface area (Å²) in [5.74, 6) is -0.0426. The second-order valence-corrected chi connectivity index (χ2v) is 7.96. The number of aromatic nitrogens is 5. The summed E-state index contributed by atoms with van der Waals surface area (Å²) in [6.45, 7) is 3.36. The molecule has 0 spiro atoms. The quantitative estimate of drug-likeness (QED) is 0.392. The van der Waals surface area contributed by atoms with E-state index in [2.05, 4.69) is 21.7 Å². The van der Waals surface area contributed by atoms with E-state index in [0.29, 0.717) is 22.4 Å². The van der Waals surface area contributed by atoms with E-state index in [4.69, 9.17) is 0 Å². The Balaban J connectivity index is 0.00000380. The van der Waals surface area contributed by atoms with Gasteiger partial charge in [0.25, 0.3) is 0 Å². The summed E-state index contributed by atoms with van der Waals surface area (Å²) >= 11 is 0. The van der Waals surface area contributed by atoms with Crippen LogP contribution >= 0.6 is 0 Å². The maximum Gasteiger partial charge on any atom is 0.405 e. The van der Waals surface area contributed by atoms with Gasteiger partial charge in [-0.15, -0.1) is 0 Å². The highest BCUT2D eigenvalue weighted by Gasteiger charge is 2.28. The number of aryl methyl sites for hydroxylation is 2. The Hall–Kier alpha value is -4.48. The fourth-order valence-corrected chi connectivity index (χ4v) is 3.82. The molecule has 0 fully saturated rings. The van der Waals surface area contributed by atoms with Crippen molar-refractivity contribution in [2.24, 2.45) is 12.0 Å². The van der Waals surface area contributed by atoms with Crippen LogP contribution in [0.1, 0.15) is 6.99 Å². The minimum absolute atomic E-state index is 0. The zero-order chi connectivity index (χ0) is 26.0. The SMILES string of the molecule is C=C/C=N\c1c(-c2ccc(-n3c(=O)n(CC(=O)NCC(F)(F)F)c4cccc(C)c43)nc2)cnn1C.[HH]. The number of pyridine rings is 1. The molecule has 1 amide bonds. The predicted molar refractivity (Wildman–Crippen MR) is 132 cm³/mol. The standard InChI is InChI=1S/C24H22F3N7O2.H2/c1-4-10-28-22-17(12-31-32(22)3)16-8-9-19(29-11-16)34-21-15(2)6-5-7-18(21)33(23(34)36)13-20(35)30-14-24(25,26)27;/h4-12H,1,13-14H2,2-3H3,(H,30,35);1H/b28-10-;. The molecular formula is C24H24F3N7O2. The molecule has 36 heavy (non-hydrogen) atoms. The Morgan fingerprint density at radius 1 is 1.25 bits per heavy atom. The molecule has 0 saturated carbocycles. The Kier molecular flexibility index (Phi) is 6.60. The average Bonchev–Trinajstić information content (AvgIpc) is 3.34. The summed E-state index contributed by atoms with van der Waals surface area (Å²) in [5.41, 5.74) is 2.48. The van der Waals surface area contributed by atoms with Crippen molar-refractivity contribution in [3.8, 4) is 16.9 Å². The number of nitrogens with zero attached hydrogens (tertiary/aromatic N) is 6. The fraction of sp³-hybridized carbons (Fsp3) is 0.208. The Bertz CT molecular complexity index is 1530. The van der Waals surface area contributed by atoms with Crippen LogP contribution in [0.5, 0.6) is 0 Å². The number of benzene rings is 1. The smallest absolute Gasteiger partial charge is 0.345 e. The number of para-hydroxylation sites is 1. The highest BCUT2D eigenvalue weighted by molar-refractivity contribution is 5.84. The van der Waals surface area contributed by atoms with E-state index in [9.17, 15) is 22.8 Å². The van der Waals surface area contributed by atoms with Crippen LogP contribution in [-0.2, 0) is 18.4 Å². The number of aliphatic imine (C=N–C) groups is 1. The highest BCUT2D eigenvalue weighted by atomic mass is 19.4. The van der Waals surface area contributed by atoms with E-state index >= 15 is 0 Å². The number of allylic oxidation sites excluding steroid dienone is 1. The number of amides is 1. The number of fused-ring (bicyclic) bond motifs is 1. The van der Waals surface area contributed by atoms with Crippen molar-refractivity contribution in [1.29, 1.82) is 0 Å². The van der Waals surface area contributed by atoms with E-state index in [0.717, 1.165) is 15.7 Å². The first-order valence-electron chi connectivity index (χ1n) is 10.8. The van der Waals surface area contributed by atoms with Crippen molar-refractivity contribution >= 4 is 29.0 Å². The summed E-state index contributed by atoms with van der Waals surface area (Å²) in [4.78, 5) is 34.3. The lowest BCUT2D eigenvalue weighted by Gasteiger charge is -2.08. The van der Waals surface area contributed by atoms with Crippen molar-refractivity contribution in [1.82, 2.24) is 29.2 Å². The first-order chi connectivity index (χ1) is 17.1. The third kappa shape index (κ3) is 4.83. The Morgan fingerprint density at radius 3 is 2.69 bits per heavy atom. The summed E-state index contributed by atoms with van der Waals surface area (Å²) in [6, 6.07) is 8.53. The monoisotopic (exact) mass is 499 g/mol. The van der Waals surface area contributed by atoms with Gasteiger partial charge in [0.2, 0.25) is 5.91 Å². The van der Waals surface area contributed by atoms with Crippen molar-refractivity contribution < 1.29 is 19.4 Å². The molecule has 12 heteroatoms. The molecule has 0 unspecified atom stereocenters. The topological polar surface area (TPSA) is 99.1 Å². The second kappa shape index (κ2) is 9.64. The molecule has 0 saturated heterocycles. The van der Waals surface area contributed by atoms with Gasteiger partial charge in [0.1, 0.15) is 18.9 Å². The van der Waals surface area contributed by atoms with Gasteiger partial charge in [-0.25, -0.2) is 19.3 Å². The van der Waals surface area contributed by atoms with Crippen LogP contribution in [0.25, 0.3) is 28.0 Å².